The third kappa shape index (κ3) is 2.29. The molecule has 2 aromatic rings. The summed E-state index contributed by atoms with van der Waals surface area (Å²) in [5.74, 6) is -0.429. The summed E-state index contributed by atoms with van der Waals surface area (Å²) in [6, 6.07) is 7.31. The van der Waals surface area contributed by atoms with Crippen LogP contribution in [0.5, 0.6) is 5.75 Å². The zero-order chi connectivity index (χ0) is 12.4. The summed E-state index contributed by atoms with van der Waals surface area (Å²) in [6.45, 7) is 1.66. The molecule has 0 unspecified atom stereocenters. The van der Waals surface area contributed by atoms with Gasteiger partial charge >= 0.3 is 0 Å². The molecular formula is C12H10NO3S-. The van der Waals surface area contributed by atoms with Crippen molar-refractivity contribution in [3.05, 3.63) is 34.8 Å². The summed E-state index contributed by atoms with van der Waals surface area (Å²) in [7, 11) is 1.59. The molecule has 0 bridgehead atoms. The molecule has 0 atom stereocenters. The molecule has 4 nitrogen and oxygen atoms in total. The fourth-order valence-corrected chi connectivity index (χ4v) is 2.35. The van der Waals surface area contributed by atoms with Crippen molar-refractivity contribution in [1.29, 1.82) is 0 Å². The van der Waals surface area contributed by atoms with Crippen molar-refractivity contribution in [2.75, 3.05) is 7.11 Å². The van der Waals surface area contributed by atoms with Gasteiger partial charge in [-0.05, 0) is 31.2 Å². The van der Waals surface area contributed by atoms with E-state index in [1.807, 2.05) is 24.3 Å². The van der Waals surface area contributed by atoms with Crippen molar-refractivity contribution >= 4 is 17.3 Å². The van der Waals surface area contributed by atoms with E-state index in [2.05, 4.69) is 4.98 Å². The first kappa shape index (κ1) is 11.6. The molecule has 0 aliphatic heterocycles. The van der Waals surface area contributed by atoms with Gasteiger partial charge in [0.2, 0.25) is 0 Å². The second kappa shape index (κ2) is 4.55. The third-order valence-corrected chi connectivity index (χ3v) is 3.51. The van der Waals surface area contributed by atoms with Crippen molar-refractivity contribution in [3.8, 4) is 16.3 Å². The number of hydrogen-bond donors (Lipinski definition) is 0. The number of ether oxygens (including phenoxy) is 1. The van der Waals surface area contributed by atoms with Crippen LogP contribution in [0, 0.1) is 6.92 Å². The maximum atomic E-state index is 10.8. The number of carboxylic acids is 1. The van der Waals surface area contributed by atoms with Gasteiger partial charge in [-0.15, -0.1) is 11.3 Å². The Morgan fingerprint density at radius 2 is 2.00 bits per heavy atom. The number of aryl methyl sites for hydroxylation is 1. The number of rotatable bonds is 3. The van der Waals surface area contributed by atoms with Crippen molar-refractivity contribution in [1.82, 2.24) is 4.98 Å². The molecule has 5 heteroatoms. The first-order valence-corrected chi connectivity index (χ1v) is 5.76. The van der Waals surface area contributed by atoms with Crippen LogP contribution in [0.3, 0.4) is 0 Å². The average Bonchev–Trinajstić information content (AvgIpc) is 2.71. The highest BCUT2D eigenvalue weighted by Gasteiger charge is 2.09. The lowest BCUT2D eigenvalue weighted by Crippen LogP contribution is -2.21. The van der Waals surface area contributed by atoms with Gasteiger partial charge in [0.1, 0.15) is 10.8 Å². The molecular weight excluding hydrogens is 238 g/mol. The molecule has 88 valence electrons. The summed E-state index contributed by atoms with van der Waals surface area (Å²) < 4.78 is 5.05. The first-order valence-electron chi connectivity index (χ1n) is 4.95. The Labute approximate surface area is 103 Å². The van der Waals surface area contributed by atoms with Crippen LogP contribution in [0.2, 0.25) is 0 Å². The van der Waals surface area contributed by atoms with Crippen LogP contribution in [-0.2, 0) is 0 Å². The van der Waals surface area contributed by atoms with Crippen molar-refractivity contribution in [2.45, 2.75) is 6.92 Å². The molecule has 0 saturated heterocycles. The van der Waals surface area contributed by atoms with Gasteiger partial charge in [-0.25, -0.2) is 4.98 Å². The first-order chi connectivity index (χ1) is 8.11. The van der Waals surface area contributed by atoms with E-state index in [9.17, 15) is 9.90 Å². The lowest BCUT2D eigenvalue weighted by Gasteiger charge is -2.00. The number of methoxy groups -OCH3 is 1. The summed E-state index contributed by atoms with van der Waals surface area (Å²) in [5.41, 5.74) is 1.35. The maximum absolute atomic E-state index is 10.8. The van der Waals surface area contributed by atoms with Gasteiger partial charge in [-0.1, -0.05) is 0 Å². The molecule has 0 N–H and O–H groups in total. The van der Waals surface area contributed by atoms with Gasteiger partial charge < -0.3 is 14.6 Å². The molecule has 0 aliphatic rings. The van der Waals surface area contributed by atoms with E-state index in [-0.39, 0.29) is 4.88 Å². The molecule has 0 spiro atoms. The second-order valence-electron chi connectivity index (χ2n) is 3.45. The summed E-state index contributed by atoms with van der Waals surface area (Å²) in [4.78, 5) is 15.2. The van der Waals surface area contributed by atoms with E-state index < -0.39 is 5.97 Å². The van der Waals surface area contributed by atoms with Gasteiger partial charge in [-0.3, -0.25) is 0 Å². The van der Waals surface area contributed by atoms with Crippen molar-refractivity contribution in [3.63, 3.8) is 0 Å². The molecule has 0 amide bonds. The molecule has 0 radical (unpaired) electrons. The van der Waals surface area contributed by atoms with Crippen LogP contribution in [0.25, 0.3) is 10.6 Å². The fraction of sp³-hybridized carbons (Fsp3) is 0.167. The Hall–Kier alpha value is -1.88. The number of carbonyl (C=O) groups excluding carboxylic acids is 1. The number of carbonyl (C=O) groups is 1. The Morgan fingerprint density at radius 3 is 2.47 bits per heavy atom. The summed E-state index contributed by atoms with van der Waals surface area (Å²) >= 11 is 1.12. The minimum atomic E-state index is -1.18. The van der Waals surface area contributed by atoms with Gasteiger partial charge in [0.15, 0.2) is 0 Å². The normalized spacial score (nSPS) is 10.2. The van der Waals surface area contributed by atoms with Crippen LogP contribution < -0.4 is 9.84 Å². The predicted octanol–water partition coefficient (Wildman–Crippen LogP) is 1.49. The predicted molar refractivity (Wildman–Crippen MR) is 63.2 cm³/mol. The standard InChI is InChI=1S/C12H11NO3S/c1-7-10(12(14)15)17-11(13-7)8-3-5-9(16-2)6-4-8/h3-6H,1-2H3,(H,14,15)/p-1. The van der Waals surface area contributed by atoms with Crippen LogP contribution in [-0.4, -0.2) is 18.1 Å². The lowest BCUT2D eigenvalue weighted by molar-refractivity contribution is -0.254. The lowest BCUT2D eigenvalue weighted by atomic mass is 10.2. The minimum Gasteiger partial charge on any atom is -0.544 e. The van der Waals surface area contributed by atoms with Gasteiger partial charge in [0.25, 0.3) is 0 Å². The quantitative estimate of drug-likeness (QED) is 0.825. The van der Waals surface area contributed by atoms with E-state index in [0.29, 0.717) is 10.7 Å². The Bertz CT molecular complexity index is 545. The molecule has 1 aromatic carbocycles. The zero-order valence-corrected chi connectivity index (χ0v) is 10.2. The molecule has 0 aliphatic carbocycles. The SMILES string of the molecule is COc1ccc(-c2nc(C)c(C(=O)[O-])s2)cc1. The summed E-state index contributed by atoms with van der Waals surface area (Å²) in [5, 5.41) is 11.5. The molecule has 1 aromatic heterocycles. The number of benzene rings is 1. The van der Waals surface area contributed by atoms with Crippen LogP contribution in [0.1, 0.15) is 15.4 Å². The third-order valence-electron chi connectivity index (χ3n) is 2.32. The minimum absolute atomic E-state index is 0.177. The highest BCUT2D eigenvalue weighted by molar-refractivity contribution is 7.17. The van der Waals surface area contributed by atoms with E-state index in [1.165, 1.54) is 0 Å². The Morgan fingerprint density at radius 1 is 1.35 bits per heavy atom. The van der Waals surface area contributed by atoms with Crippen molar-refractivity contribution in [2.24, 2.45) is 0 Å². The largest absolute Gasteiger partial charge is 0.544 e. The van der Waals surface area contributed by atoms with Crippen LogP contribution in [0.4, 0.5) is 0 Å². The van der Waals surface area contributed by atoms with E-state index in [1.54, 1.807) is 14.0 Å². The summed E-state index contributed by atoms with van der Waals surface area (Å²) in [6.07, 6.45) is 0. The van der Waals surface area contributed by atoms with Gasteiger partial charge in [0.05, 0.1) is 23.7 Å². The molecule has 17 heavy (non-hydrogen) atoms. The van der Waals surface area contributed by atoms with E-state index >= 15 is 0 Å². The number of hydrogen-bond acceptors (Lipinski definition) is 5. The number of aromatic nitrogens is 1. The number of nitrogens with zero attached hydrogens (tertiary/aromatic N) is 1. The van der Waals surface area contributed by atoms with Gasteiger partial charge in [0, 0.05) is 5.56 Å². The topological polar surface area (TPSA) is 62.2 Å². The zero-order valence-electron chi connectivity index (χ0n) is 9.39. The number of thiazole rings is 1. The van der Waals surface area contributed by atoms with Crippen LogP contribution in [0.15, 0.2) is 24.3 Å². The second-order valence-corrected chi connectivity index (χ2v) is 4.45. The van der Waals surface area contributed by atoms with Crippen LogP contribution >= 0.6 is 11.3 Å². The average molecular weight is 248 g/mol. The highest BCUT2D eigenvalue weighted by Crippen LogP contribution is 2.28. The fourth-order valence-electron chi connectivity index (χ4n) is 1.44. The molecule has 0 saturated carbocycles. The molecule has 2 rings (SSSR count). The Balaban J connectivity index is 2.39. The van der Waals surface area contributed by atoms with E-state index in [0.717, 1.165) is 22.6 Å². The smallest absolute Gasteiger partial charge is 0.124 e. The number of aromatic carboxylic acids is 1. The van der Waals surface area contributed by atoms with Crippen molar-refractivity contribution < 1.29 is 14.6 Å². The van der Waals surface area contributed by atoms with E-state index in [4.69, 9.17) is 4.74 Å². The molecule has 1 heterocycles. The molecule has 0 fully saturated rings. The van der Waals surface area contributed by atoms with Gasteiger partial charge in [-0.2, -0.15) is 0 Å². The maximum Gasteiger partial charge on any atom is 0.124 e. The monoisotopic (exact) mass is 248 g/mol. The highest BCUT2D eigenvalue weighted by atomic mass is 32.1. The number of carboxylic acid groups (broad SMARTS) is 1. The Kier molecular flexibility index (Phi) is 3.10.